The van der Waals surface area contributed by atoms with E-state index in [4.69, 9.17) is 0 Å². The first-order chi connectivity index (χ1) is 10.8. The van der Waals surface area contributed by atoms with E-state index < -0.39 is 12.7 Å². The Morgan fingerprint density at radius 2 is 1.78 bits per heavy atom. The number of halogens is 3. The van der Waals surface area contributed by atoms with Crippen molar-refractivity contribution in [3.8, 4) is 0 Å². The van der Waals surface area contributed by atoms with E-state index in [1.54, 1.807) is 0 Å². The van der Waals surface area contributed by atoms with Gasteiger partial charge in [0, 0.05) is 31.9 Å². The zero-order valence-corrected chi connectivity index (χ0v) is 13.1. The van der Waals surface area contributed by atoms with Gasteiger partial charge in [0.2, 0.25) is 0 Å². The van der Waals surface area contributed by atoms with Gasteiger partial charge in [-0.3, -0.25) is 4.90 Å². The SMILES string of the molecule is Cc1cc(C)c2c(N3CCN(CC(F)(F)F)CC3)ncnc2n1. The van der Waals surface area contributed by atoms with Crippen molar-refractivity contribution in [1.82, 2.24) is 19.9 Å². The third-order valence-electron chi connectivity index (χ3n) is 3.98. The molecule has 0 unspecified atom stereocenters. The van der Waals surface area contributed by atoms with Crippen LogP contribution >= 0.6 is 0 Å². The van der Waals surface area contributed by atoms with Gasteiger partial charge in [0.25, 0.3) is 0 Å². The number of rotatable bonds is 2. The number of hydrogen-bond acceptors (Lipinski definition) is 5. The number of aryl methyl sites for hydroxylation is 2. The highest BCUT2D eigenvalue weighted by molar-refractivity contribution is 5.90. The van der Waals surface area contributed by atoms with Gasteiger partial charge in [0.15, 0.2) is 5.65 Å². The summed E-state index contributed by atoms with van der Waals surface area (Å²) in [5.41, 5.74) is 2.54. The molecule has 23 heavy (non-hydrogen) atoms. The van der Waals surface area contributed by atoms with Crippen molar-refractivity contribution in [2.45, 2.75) is 20.0 Å². The maximum Gasteiger partial charge on any atom is 0.401 e. The lowest BCUT2D eigenvalue weighted by atomic mass is 10.1. The molecule has 3 heterocycles. The van der Waals surface area contributed by atoms with Gasteiger partial charge in [-0.2, -0.15) is 13.2 Å². The summed E-state index contributed by atoms with van der Waals surface area (Å²) in [5.74, 6) is 0.756. The lowest BCUT2D eigenvalue weighted by molar-refractivity contribution is -0.146. The van der Waals surface area contributed by atoms with Crippen LogP contribution in [0.2, 0.25) is 0 Å². The van der Waals surface area contributed by atoms with Crippen molar-refractivity contribution in [3.05, 3.63) is 23.7 Å². The standard InChI is InChI=1S/C15H18F3N5/c1-10-7-11(2)21-13-12(10)14(20-9-19-13)23-5-3-22(4-6-23)8-15(16,17)18/h7,9H,3-6,8H2,1-2H3. The zero-order valence-electron chi connectivity index (χ0n) is 13.1. The number of aromatic nitrogens is 3. The second kappa shape index (κ2) is 5.92. The number of piperazine rings is 1. The minimum absolute atomic E-state index is 0.364. The fourth-order valence-electron chi connectivity index (χ4n) is 3.00. The zero-order chi connectivity index (χ0) is 16.6. The molecule has 0 saturated carbocycles. The summed E-state index contributed by atoms with van der Waals surface area (Å²) < 4.78 is 37.4. The van der Waals surface area contributed by atoms with Crippen LogP contribution in [0.5, 0.6) is 0 Å². The molecule has 1 aliphatic heterocycles. The van der Waals surface area contributed by atoms with E-state index in [1.165, 1.54) is 11.2 Å². The van der Waals surface area contributed by atoms with Crippen LogP contribution in [0.1, 0.15) is 11.3 Å². The molecule has 0 bridgehead atoms. The highest BCUT2D eigenvalue weighted by Crippen LogP contribution is 2.27. The fraction of sp³-hybridized carbons (Fsp3) is 0.533. The first kappa shape index (κ1) is 15.9. The Labute approximate surface area is 132 Å². The number of hydrogen-bond donors (Lipinski definition) is 0. The van der Waals surface area contributed by atoms with Gasteiger partial charge < -0.3 is 4.90 Å². The summed E-state index contributed by atoms with van der Waals surface area (Å²) in [7, 11) is 0. The van der Waals surface area contributed by atoms with Crippen LogP contribution in [0.15, 0.2) is 12.4 Å². The Morgan fingerprint density at radius 1 is 1.09 bits per heavy atom. The van der Waals surface area contributed by atoms with Gasteiger partial charge >= 0.3 is 6.18 Å². The molecule has 1 fully saturated rings. The normalized spacial score (nSPS) is 17.0. The smallest absolute Gasteiger partial charge is 0.353 e. The highest BCUT2D eigenvalue weighted by Gasteiger charge is 2.32. The van der Waals surface area contributed by atoms with Crippen LogP contribution < -0.4 is 4.90 Å². The van der Waals surface area contributed by atoms with Crippen LogP contribution in [0.25, 0.3) is 11.0 Å². The van der Waals surface area contributed by atoms with E-state index in [-0.39, 0.29) is 0 Å². The van der Waals surface area contributed by atoms with E-state index in [0.717, 1.165) is 22.5 Å². The Balaban J connectivity index is 1.83. The van der Waals surface area contributed by atoms with Gasteiger partial charge in [-0.05, 0) is 25.5 Å². The predicted octanol–water partition coefficient (Wildman–Crippen LogP) is 2.33. The second-order valence-electron chi connectivity index (χ2n) is 5.85. The first-order valence-electron chi connectivity index (χ1n) is 7.46. The van der Waals surface area contributed by atoms with Crippen molar-refractivity contribution in [2.24, 2.45) is 0 Å². The topological polar surface area (TPSA) is 45.2 Å². The average Bonchev–Trinajstić information content (AvgIpc) is 2.45. The highest BCUT2D eigenvalue weighted by atomic mass is 19.4. The van der Waals surface area contributed by atoms with Crippen molar-refractivity contribution in [2.75, 3.05) is 37.6 Å². The van der Waals surface area contributed by atoms with Crippen LogP contribution in [-0.4, -0.2) is 58.8 Å². The number of fused-ring (bicyclic) bond motifs is 1. The van der Waals surface area contributed by atoms with Crippen molar-refractivity contribution < 1.29 is 13.2 Å². The van der Waals surface area contributed by atoms with Crippen LogP contribution in [0.3, 0.4) is 0 Å². The Bertz CT molecular complexity index is 708. The monoisotopic (exact) mass is 325 g/mol. The Kier molecular flexibility index (Phi) is 4.09. The summed E-state index contributed by atoms with van der Waals surface area (Å²) >= 11 is 0. The molecule has 0 atom stereocenters. The van der Waals surface area contributed by atoms with E-state index in [1.807, 2.05) is 24.8 Å². The van der Waals surface area contributed by atoms with Gasteiger partial charge in [0.05, 0.1) is 11.9 Å². The molecule has 0 spiro atoms. The molecule has 1 saturated heterocycles. The molecular weight excluding hydrogens is 307 g/mol. The summed E-state index contributed by atoms with van der Waals surface area (Å²) in [6, 6.07) is 1.97. The summed E-state index contributed by atoms with van der Waals surface area (Å²) in [5, 5.41) is 0.877. The van der Waals surface area contributed by atoms with Gasteiger partial charge in [-0.1, -0.05) is 0 Å². The molecule has 0 aromatic carbocycles. The average molecular weight is 325 g/mol. The molecule has 0 N–H and O–H groups in total. The van der Waals surface area contributed by atoms with Crippen LogP contribution in [0.4, 0.5) is 19.0 Å². The predicted molar refractivity (Wildman–Crippen MR) is 81.5 cm³/mol. The molecule has 5 nitrogen and oxygen atoms in total. The first-order valence-corrected chi connectivity index (χ1v) is 7.46. The molecule has 8 heteroatoms. The van der Waals surface area contributed by atoms with E-state index in [9.17, 15) is 13.2 Å². The minimum atomic E-state index is -4.15. The van der Waals surface area contributed by atoms with Crippen molar-refractivity contribution in [3.63, 3.8) is 0 Å². The molecule has 0 aliphatic carbocycles. The maximum atomic E-state index is 12.5. The van der Waals surface area contributed by atoms with E-state index in [0.29, 0.717) is 31.8 Å². The maximum absolute atomic E-state index is 12.5. The van der Waals surface area contributed by atoms with Gasteiger partial charge in [0.1, 0.15) is 12.1 Å². The molecule has 2 aromatic heterocycles. The van der Waals surface area contributed by atoms with Crippen molar-refractivity contribution in [1.29, 1.82) is 0 Å². The van der Waals surface area contributed by atoms with E-state index >= 15 is 0 Å². The molecule has 1 aliphatic rings. The largest absolute Gasteiger partial charge is 0.401 e. The molecular formula is C15H18F3N5. The van der Waals surface area contributed by atoms with Gasteiger partial charge in [-0.25, -0.2) is 15.0 Å². The third-order valence-corrected chi connectivity index (χ3v) is 3.98. The van der Waals surface area contributed by atoms with Crippen LogP contribution in [0, 0.1) is 13.8 Å². The molecule has 3 rings (SSSR count). The number of alkyl halides is 3. The second-order valence-corrected chi connectivity index (χ2v) is 5.85. The van der Waals surface area contributed by atoms with Crippen LogP contribution in [-0.2, 0) is 0 Å². The van der Waals surface area contributed by atoms with E-state index in [2.05, 4.69) is 15.0 Å². The summed E-state index contributed by atoms with van der Waals surface area (Å²) in [6.45, 7) is 4.77. The third kappa shape index (κ3) is 3.52. The lowest BCUT2D eigenvalue weighted by Crippen LogP contribution is -2.49. The molecule has 0 amide bonds. The Morgan fingerprint density at radius 3 is 2.43 bits per heavy atom. The summed E-state index contributed by atoms with van der Waals surface area (Å²) in [6.07, 6.45) is -2.69. The fourth-order valence-corrected chi connectivity index (χ4v) is 3.00. The molecule has 2 aromatic rings. The lowest BCUT2D eigenvalue weighted by Gasteiger charge is -2.36. The number of anilines is 1. The Hall–Kier alpha value is -1.96. The van der Waals surface area contributed by atoms with Crippen molar-refractivity contribution >= 4 is 16.9 Å². The molecule has 0 radical (unpaired) electrons. The molecule has 124 valence electrons. The van der Waals surface area contributed by atoms with Gasteiger partial charge in [-0.15, -0.1) is 0 Å². The quantitative estimate of drug-likeness (QED) is 0.848. The number of nitrogens with zero attached hydrogens (tertiary/aromatic N) is 5. The minimum Gasteiger partial charge on any atom is -0.353 e. The number of pyridine rings is 1. The summed E-state index contributed by atoms with van der Waals surface area (Å²) in [4.78, 5) is 16.4.